The van der Waals surface area contributed by atoms with E-state index in [0.29, 0.717) is 0 Å². The molecule has 1 aromatic heterocycles. The topological polar surface area (TPSA) is 32.9 Å². The van der Waals surface area contributed by atoms with Gasteiger partial charge in [-0.05, 0) is 47.2 Å². The number of rotatable bonds is 0. The summed E-state index contributed by atoms with van der Waals surface area (Å²) in [4.78, 5) is 14.8. The summed E-state index contributed by atoms with van der Waals surface area (Å²) in [5.74, 6) is 0. The van der Waals surface area contributed by atoms with Crippen LogP contribution in [0.1, 0.15) is 5.56 Å². The third-order valence-electron chi connectivity index (χ3n) is 2.11. The normalized spacial score (nSPS) is 10.8. The summed E-state index contributed by atoms with van der Waals surface area (Å²) in [5, 5.41) is 0.748. The molecule has 2 nitrogen and oxygen atoms in total. The zero-order chi connectivity index (χ0) is 10.3. The Morgan fingerprint density at radius 1 is 1.43 bits per heavy atom. The molecule has 4 heteroatoms. The van der Waals surface area contributed by atoms with Crippen LogP contribution < -0.4 is 5.43 Å². The van der Waals surface area contributed by atoms with Crippen molar-refractivity contribution >= 4 is 49.4 Å². The van der Waals surface area contributed by atoms with E-state index >= 15 is 0 Å². The average molecular weight is 364 g/mol. The molecule has 1 N–H and O–H groups in total. The summed E-state index contributed by atoms with van der Waals surface area (Å²) in [6, 6.07) is 3.84. The Kier molecular flexibility index (Phi) is 2.66. The van der Waals surface area contributed by atoms with Gasteiger partial charge in [0.2, 0.25) is 5.43 Å². The molecule has 0 saturated carbocycles. The second kappa shape index (κ2) is 3.66. The molecule has 0 atom stereocenters. The molecule has 0 aliphatic carbocycles. The number of fused-ring (bicyclic) bond motifs is 1. The maximum Gasteiger partial charge on any atom is 0.202 e. The fourth-order valence-electron chi connectivity index (χ4n) is 1.32. The highest BCUT2D eigenvalue weighted by Crippen LogP contribution is 2.20. The molecule has 1 heterocycles. The van der Waals surface area contributed by atoms with Gasteiger partial charge in [0.05, 0.1) is 9.09 Å². The fraction of sp³-hybridized carbons (Fsp3) is 0.100. The Hall–Kier alpha value is -0.360. The lowest BCUT2D eigenvalue weighted by Gasteiger charge is -2.02. The highest BCUT2D eigenvalue weighted by atomic mass is 127. The van der Waals surface area contributed by atoms with Gasteiger partial charge in [-0.2, -0.15) is 0 Å². The summed E-state index contributed by atoms with van der Waals surface area (Å²) in [6.07, 6.45) is 1.73. The number of aryl methyl sites for hydroxylation is 1. The summed E-state index contributed by atoms with van der Waals surface area (Å²) in [7, 11) is 0. The van der Waals surface area contributed by atoms with Crippen molar-refractivity contribution in [3.05, 3.63) is 42.2 Å². The second-order valence-corrected chi connectivity index (χ2v) is 5.13. The van der Waals surface area contributed by atoms with Crippen LogP contribution >= 0.6 is 38.5 Å². The van der Waals surface area contributed by atoms with Crippen molar-refractivity contribution in [1.29, 1.82) is 0 Å². The van der Waals surface area contributed by atoms with Crippen molar-refractivity contribution in [2.75, 3.05) is 0 Å². The van der Waals surface area contributed by atoms with E-state index in [4.69, 9.17) is 0 Å². The zero-order valence-corrected chi connectivity index (χ0v) is 11.1. The van der Waals surface area contributed by atoms with Gasteiger partial charge < -0.3 is 4.98 Å². The molecule has 0 bridgehead atoms. The van der Waals surface area contributed by atoms with Crippen LogP contribution in [-0.2, 0) is 0 Å². The molecular formula is C10H7BrINO. The smallest absolute Gasteiger partial charge is 0.202 e. The molecular weight excluding hydrogens is 357 g/mol. The maximum atomic E-state index is 11.7. The largest absolute Gasteiger partial charge is 0.360 e. The number of hydrogen-bond donors (Lipinski definition) is 1. The molecule has 2 rings (SSSR count). The number of pyridine rings is 1. The lowest BCUT2D eigenvalue weighted by molar-refractivity contribution is 1.34. The highest BCUT2D eigenvalue weighted by Gasteiger charge is 2.04. The quantitative estimate of drug-likeness (QED) is 0.716. The lowest BCUT2D eigenvalue weighted by Crippen LogP contribution is -2.06. The van der Waals surface area contributed by atoms with Crippen LogP contribution in [0.5, 0.6) is 0 Å². The van der Waals surface area contributed by atoms with Crippen molar-refractivity contribution in [2.45, 2.75) is 6.92 Å². The van der Waals surface area contributed by atoms with E-state index in [9.17, 15) is 4.79 Å². The van der Waals surface area contributed by atoms with Crippen molar-refractivity contribution in [2.24, 2.45) is 0 Å². The minimum absolute atomic E-state index is 0.0925. The predicted octanol–water partition coefficient (Wildman–Crippen LogP) is 3.20. The first-order chi connectivity index (χ1) is 6.59. The number of aromatic amines is 1. The van der Waals surface area contributed by atoms with Crippen LogP contribution in [0, 0.1) is 10.5 Å². The van der Waals surface area contributed by atoms with Gasteiger partial charge in [0.1, 0.15) is 0 Å². The number of aromatic nitrogens is 1. The van der Waals surface area contributed by atoms with Gasteiger partial charge in [-0.3, -0.25) is 4.79 Å². The van der Waals surface area contributed by atoms with Crippen LogP contribution in [0.2, 0.25) is 0 Å². The Bertz CT molecular complexity index is 562. The number of hydrogen-bond acceptors (Lipinski definition) is 1. The molecule has 72 valence electrons. The highest BCUT2D eigenvalue weighted by molar-refractivity contribution is 14.1. The van der Waals surface area contributed by atoms with E-state index in [-0.39, 0.29) is 5.43 Å². The molecule has 0 aliphatic rings. The van der Waals surface area contributed by atoms with Crippen molar-refractivity contribution < 1.29 is 0 Å². The van der Waals surface area contributed by atoms with E-state index in [1.807, 2.05) is 41.6 Å². The van der Waals surface area contributed by atoms with Crippen molar-refractivity contribution in [3.63, 3.8) is 0 Å². The summed E-state index contributed by atoms with van der Waals surface area (Å²) < 4.78 is 1.73. The van der Waals surface area contributed by atoms with E-state index in [1.165, 1.54) is 0 Å². The summed E-state index contributed by atoms with van der Waals surface area (Å²) in [6.45, 7) is 1.98. The van der Waals surface area contributed by atoms with Gasteiger partial charge in [0.25, 0.3) is 0 Å². The minimum Gasteiger partial charge on any atom is -0.360 e. The third kappa shape index (κ3) is 1.61. The Balaban J connectivity index is 2.97. The molecule has 0 radical (unpaired) electrons. The standard InChI is InChI=1S/C10H7BrINO/c1-5-2-6-9(3-7(5)11)13-4-8(12)10(6)14/h2-4H,1H3,(H,13,14). The van der Waals surface area contributed by atoms with Gasteiger partial charge in [0.15, 0.2) is 0 Å². The first kappa shape index (κ1) is 10.2. The number of H-pyrrole nitrogens is 1. The lowest BCUT2D eigenvalue weighted by atomic mass is 10.1. The van der Waals surface area contributed by atoms with Gasteiger partial charge in [-0.1, -0.05) is 15.9 Å². The average Bonchev–Trinajstić information content (AvgIpc) is 2.15. The first-order valence-corrected chi connectivity index (χ1v) is 5.94. The van der Waals surface area contributed by atoms with Gasteiger partial charge in [-0.25, -0.2) is 0 Å². The Labute approximate surface area is 103 Å². The molecule has 2 aromatic rings. The van der Waals surface area contributed by atoms with E-state index in [1.54, 1.807) is 6.20 Å². The monoisotopic (exact) mass is 363 g/mol. The van der Waals surface area contributed by atoms with Crippen molar-refractivity contribution in [1.82, 2.24) is 4.98 Å². The molecule has 0 unspecified atom stereocenters. The third-order valence-corrected chi connectivity index (χ3v) is 3.77. The van der Waals surface area contributed by atoms with E-state index in [2.05, 4.69) is 20.9 Å². The number of nitrogens with one attached hydrogen (secondary N) is 1. The molecule has 0 amide bonds. The predicted molar refractivity (Wildman–Crippen MR) is 69.7 cm³/mol. The van der Waals surface area contributed by atoms with Crippen LogP contribution in [0.15, 0.2) is 27.6 Å². The summed E-state index contributed by atoms with van der Waals surface area (Å²) in [5.41, 5.74) is 2.04. The Morgan fingerprint density at radius 2 is 2.14 bits per heavy atom. The van der Waals surface area contributed by atoms with Crippen LogP contribution in [0.25, 0.3) is 10.9 Å². The summed E-state index contributed by atoms with van der Waals surface area (Å²) >= 11 is 5.47. The van der Waals surface area contributed by atoms with E-state index in [0.717, 1.165) is 24.5 Å². The molecule has 0 spiro atoms. The van der Waals surface area contributed by atoms with Crippen LogP contribution in [0.3, 0.4) is 0 Å². The Morgan fingerprint density at radius 3 is 2.86 bits per heavy atom. The van der Waals surface area contributed by atoms with Gasteiger partial charge in [-0.15, -0.1) is 0 Å². The number of halogens is 2. The minimum atomic E-state index is 0.0925. The molecule has 0 fully saturated rings. The number of benzene rings is 1. The van der Waals surface area contributed by atoms with Crippen LogP contribution in [-0.4, -0.2) is 4.98 Å². The molecule has 1 aromatic carbocycles. The molecule has 14 heavy (non-hydrogen) atoms. The first-order valence-electron chi connectivity index (χ1n) is 4.06. The van der Waals surface area contributed by atoms with Gasteiger partial charge in [0, 0.05) is 16.1 Å². The molecule has 0 aliphatic heterocycles. The second-order valence-electron chi connectivity index (χ2n) is 3.11. The fourth-order valence-corrected chi connectivity index (χ4v) is 2.11. The van der Waals surface area contributed by atoms with Crippen LogP contribution in [0.4, 0.5) is 0 Å². The zero-order valence-electron chi connectivity index (χ0n) is 7.40. The SMILES string of the molecule is Cc1cc2c(=O)c(I)c[nH]c2cc1Br. The van der Waals surface area contributed by atoms with E-state index < -0.39 is 0 Å². The van der Waals surface area contributed by atoms with Gasteiger partial charge >= 0.3 is 0 Å². The molecule has 0 saturated heterocycles. The van der Waals surface area contributed by atoms with Crippen molar-refractivity contribution in [3.8, 4) is 0 Å². The maximum absolute atomic E-state index is 11.7.